The first-order chi connectivity index (χ1) is 13.1. The van der Waals surface area contributed by atoms with E-state index in [-0.39, 0.29) is 0 Å². The zero-order valence-electron chi connectivity index (χ0n) is 15.7. The van der Waals surface area contributed by atoms with Crippen molar-refractivity contribution in [3.05, 3.63) is 53.6 Å². The second-order valence-electron chi connectivity index (χ2n) is 5.58. The first-order valence-electron chi connectivity index (χ1n) is 8.73. The van der Waals surface area contributed by atoms with Crippen molar-refractivity contribution in [2.45, 2.75) is 20.3 Å². The minimum atomic E-state index is -0.463. The van der Waals surface area contributed by atoms with Gasteiger partial charge < -0.3 is 14.2 Å². The summed E-state index contributed by atoms with van der Waals surface area (Å²) in [5, 5.41) is 0. The third kappa shape index (κ3) is 5.64. The summed E-state index contributed by atoms with van der Waals surface area (Å²) in [6.45, 7) is 4.99. The average molecular weight is 372 g/mol. The van der Waals surface area contributed by atoms with E-state index in [9.17, 15) is 9.59 Å². The van der Waals surface area contributed by atoms with Crippen LogP contribution in [0.4, 0.5) is 0 Å². The Morgan fingerprint density at radius 3 is 2.07 bits per heavy atom. The third-order valence-corrected chi connectivity index (χ3v) is 3.60. The Hall–Kier alpha value is -3.22. The summed E-state index contributed by atoms with van der Waals surface area (Å²) in [6, 6.07) is 11.5. The van der Waals surface area contributed by atoms with Crippen molar-refractivity contribution in [1.29, 1.82) is 0 Å². The molecule has 7 nitrogen and oxygen atoms in total. The van der Waals surface area contributed by atoms with Crippen LogP contribution >= 0.6 is 0 Å². The molecule has 0 fully saturated rings. The van der Waals surface area contributed by atoms with E-state index in [1.54, 1.807) is 42.5 Å². The maximum atomic E-state index is 12.3. The number of rotatable bonds is 8. The van der Waals surface area contributed by atoms with Gasteiger partial charge >= 0.3 is 0 Å². The summed E-state index contributed by atoms with van der Waals surface area (Å²) in [6.07, 6.45) is 0.864. The number of carbonyl (C=O) groups is 2. The highest BCUT2D eigenvalue weighted by atomic mass is 16.5. The fraction of sp³-hybridized carbons (Fsp3) is 0.300. The zero-order chi connectivity index (χ0) is 19.6. The minimum Gasteiger partial charge on any atom is -0.494 e. The number of hydrogen-bond donors (Lipinski definition) is 2. The lowest BCUT2D eigenvalue weighted by atomic mass is 10.2. The fourth-order valence-electron chi connectivity index (χ4n) is 2.27. The van der Waals surface area contributed by atoms with Crippen LogP contribution in [0.15, 0.2) is 42.5 Å². The lowest BCUT2D eigenvalue weighted by molar-refractivity contribution is 0.0846. The number of hydrazine groups is 1. The molecule has 0 heterocycles. The molecule has 0 saturated carbocycles. The van der Waals surface area contributed by atoms with Gasteiger partial charge in [0.05, 0.1) is 20.3 Å². The van der Waals surface area contributed by atoms with Gasteiger partial charge in [-0.1, -0.05) is 6.92 Å². The summed E-state index contributed by atoms with van der Waals surface area (Å²) in [4.78, 5) is 24.4. The van der Waals surface area contributed by atoms with Crippen LogP contribution in [0.5, 0.6) is 17.2 Å². The maximum absolute atomic E-state index is 12.3. The number of benzene rings is 2. The van der Waals surface area contributed by atoms with E-state index in [2.05, 4.69) is 10.9 Å². The van der Waals surface area contributed by atoms with E-state index >= 15 is 0 Å². The molecule has 2 rings (SSSR count). The monoisotopic (exact) mass is 372 g/mol. The topological polar surface area (TPSA) is 85.9 Å². The number of carbonyl (C=O) groups excluding carboxylic acids is 2. The lowest BCUT2D eigenvalue weighted by Crippen LogP contribution is -2.41. The van der Waals surface area contributed by atoms with E-state index in [0.29, 0.717) is 41.6 Å². The second kappa shape index (κ2) is 10.1. The molecule has 2 N–H and O–H groups in total. The van der Waals surface area contributed by atoms with Gasteiger partial charge in [0.2, 0.25) is 0 Å². The first kappa shape index (κ1) is 20.1. The van der Waals surface area contributed by atoms with Crippen molar-refractivity contribution in [1.82, 2.24) is 10.9 Å². The Labute approximate surface area is 158 Å². The van der Waals surface area contributed by atoms with Gasteiger partial charge in [0.1, 0.15) is 5.75 Å². The summed E-state index contributed by atoms with van der Waals surface area (Å²) in [7, 11) is 1.50. The van der Waals surface area contributed by atoms with Crippen LogP contribution in [-0.4, -0.2) is 32.1 Å². The Balaban J connectivity index is 1.97. The Morgan fingerprint density at radius 1 is 0.852 bits per heavy atom. The Bertz CT molecular complexity index is 774. The maximum Gasteiger partial charge on any atom is 0.269 e. The van der Waals surface area contributed by atoms with E-state index in [4.69, 9.17) is 14.2 Å². The van der Waals surface area contributed by atoms with Crippen LogP contribution < -0.4 is 25.1 Å². The number of nitrogens with one attached hydrogen (secondary N) is 2. The first-order valence-corrected chi connectivity index (χ1v) is 8.73. The molecule has 0 spiro atoms. The molecule has 0 aliphatic rings. The highest BCUT2D eigenvalue weighted by molar-refractivity contribution is 5.99. The molecule has 144 valence electrons. The second-order valence-corrected chi connectivity index (χ2v) is 5.58. The quantitative estimate of drug-likeness (QED) is 0.696. The van der Waals surface area contributed by atoms with E-state index in [0.717, 1.165) is 6.42 Å². The molecule has 2 aromatic rings. The number of methoxy groups -OCH3 is 1. The van der Waals surface area contributed by atoms with Gasteiger partial charge in [0.25, 0.3) is 11.8 Å². The molecule has 0 saturated heterocycles. The lowest BCUT2D eigenvalue weighted by Gasteiger charge is -2.12. The van der Waals surface area contributed by atoms with Crippen molar-refractivity contribution in [3.63, 3.8) is 0 Å². The summed E-state index contributed by atoms with van der Waals surface area (Å²) in [5.41, 5.74) is 5.51. The van der Waals surface area contributed by atoms with Gasteiger partial charge in [-0.2, -0.15) is 0 Å². The molecule has 0 aliphatic carbocycles. The van der Waals surface area contributed by atoms with Gasteiger partial charge in [-0.05, 0) is 55.8 Å². The van der Waals surface area contributed by atoms with Gasteiger partial charge in [-0.25, -0.2) is 0 Å². The molecule has 0 bridgehead atoms. The van der Waals surface area contributed by atoms with Crippen molar-refractivity contribution >= 4 is 11.8 Å². The molecule has 27 heavy (non-hydrogen) atoms. The zero-order valence-corrected chi connectivity index (χ0v) is 15.7. The molecule has 0 radical (unpaired) electrons. The van der Waals surface area contributed by atoms with Crippen LogP contribution in [-0.2, 0) is 0 Å². The predicted octanol–water partition coefficient (Wildman–Crippen LogP) is 2.96. The van der Waals surface area contributed by atoms with Crippen LogP contribution in [0.1, 0.15) is 41.0 Å². The highest BCUT2D eigenvalue weighted by Crippen LogP contribution is 2.28. The minimum absolute atomic E-state index is 0.336. The molecule has 2 aromatic carbocycles. The van der Waals surface area contributed by atoms with Crippen molar-refractivity contribution in [2.75, 3.05) is 20.3 Å². The molecular weight excluding hydrogens is 348 g/mol. The summed E-state index contributed by atoms with van der Waals surface area (Å²) < 4.78 is 16.1. The van der Waals surface area contributed by atoms with E-state index in [1.807, 2.05) is 13.8 Å². The van der Waals surface area contributed by atoms with E-state index < -0.39 is 11.8 Å². The molecule has 0 aromatic heterocycles. The average Bonchev–Trinajstić information content (AvgIpc) is 2.70. The van der Waals surface area contributed by atoms with Gasteiger partial charge in [0, 0.05) is 11.1 Å². The van der Waals surface area contributed by atoms with Crippen LogP contribution in [0, 0.1) is 0 Å². The van der Waals surface area contributed by atoms with Crippen LogP contribution in [0.25, 0.3) is 0 Å². The van der Waals surface area contributed by atoms with Gasteiger partial charge in [-0.15, -0.1) is 0 Å². The highest BCUT2D eigenvalue weighted by Gasteiger charge is 2.13. The molecule has 2 amide bonds. The van der Waals surface area contributed by atoms with Crippen molar-refractivity contribution < 1.29 is 23.8 Å². The largest absolute Gasteiger partial charge is 0.494 e. The SMILES string of the molecule is CCCOc1ccc(C(=O)NNC(=O)c2ccc(OCC)cc2)cc1OC. The molecular formula is C20H24N2O5. The van der Waals surface area contributed by atoms with Gasteiger partial charge in [-0.3, -0.25) is 20.4 Å². The van der Waals surface area contributed by atoms with E-state index in [1.165, 1.54) is 7.11 Å². The summed E-state index contributed by atoms with van der Waals surface area (Å²) in [5.74, 6) is 0.801. The third-order valence-electron chi connectivity index (χ3n) is 3.60. The molecule has 0 atom stereocenters. The fourth-order valence-corrected chi connectivity index (χ4v) is 2.27. The van der Waals surface area contributed by atoms with Crippen molar-refractivity contribution in [2.24, 2.45) is 0 Å². The number of amides is 2. The van der Waals surface area contributed by atoms with Gasteiger partial charge in [0.15, 0.2) is 11.5 Å². The van der Waals surface area contributed by atoms with Crippen LogP contribution in [0.3, 0.4) is 0 Å². The number of hydrogen-bond acceptors (Lipinski definition) is 5. The Morgan fingerprint density at radius 2 is 1.48 bits per heavy atom. The predicted molar refractivity (Wildman–Crippen MR) is 101 cm³/mol. The molecule has 0 unspecified atom stereocenters. The number of ether oxygens (including phenoxy) is 3. The molecule has 7 heteroatoms. The Kier molecular flexibility index (Phi) is 7.49. The summed E-state index contributed by atoms with van der Waals surface area (Å²) >= 11 is 0. The standard InChI is InChI=1S/C20H24N2O5/c1-4-12-27-17-11-8-15(13-18(17)25-3)20(24)22-21-19(23)14-6-9-16(10-7-14)26-5-2/h6-11,13H,4-5,12H2,1-3H3,(H,21,23)(H,22,24). The van der Waals surface area contributed by atoms with Crippen molar-refractivity contribution in [3.8, 4) is 17.2 Å². The molecule has 0 aliphatic heterocycles. The van der Waals surface area contributed by atoms with Crippen LogP contribution in [0.2, 0.25) is 0 Å². The smallest absolute Gasteiger partial charge is 0.269 e. The normalized spacial score (nSPS) is 10.0.